The van der Waals surface area contributed by atoms with Crippen LogP contribution in [0.1, 0.15) is 0 Å². The van der Waals surface area contributed by atoms with E-state index in [1.807, 2.05) is 19.0 Å². The van der Waals surface area contributed by atoms with E-state index < -0.39 is 6.10 Å². The first-order valence-electron chi connectivity index (χ1n) is 7.53. The standard InChI is InChI=1S/C16H23N5O3/c1-20(2)10-14(22)11-21-9-13(8-17-21)19-16(23)18-12-5-4-6-15(7-12)24-3/h4-9,14,22H,10-11H2,1-3H3,(H2,18,19,23)/t14-/m1/s1. The maximum atomic E-state index is 12.0. The molecule has 1 aromatic carbocycles. The lowest BCUT2D eigenvalue weighted by Crippen LogP contribution is -2.29. The molecular formula is C16H23N5O3. The summed E-state index contributed by atoms with van der Waals surface area (Å²) >= 11 is 0. The van der Waals surface area contributed by atoms with Crippen molar-refractivity contribution in [2.75, 3.05) is 38.4 Å². The van der Waals surface area contributed by atoms with Crippen LogP contribution in [0.5, 0.6) is 5.75 Å². The van der Waals surface area contributed by atoms with Crippen LogP contribution in [0.25, 0.3) is 0 Å². The molecular weight excluding hydrogens is 310 g/mol. The monoisotopic (exact) mass is 333 g/mol. The van der Waals surface area contributed by atoms with Crippen molar-refractivity contribution < 1.29 is 14.6 Å². The number of nitrogens with one attached hydrogen (secondary N) is 2. The number of anilines is 2. The summed E-state index contributed by atoms with van der Waals surface area (Å²) in [6.07, 6.45) is 2.68. The number of benzene rings is 1. The number of nitrogens with zero attached hydrogens (tertiary/aromatic N) is 3. The number of amides is 2. The summed E-state index contributed by atoms with van der Waals surface area (Å²) in [5, 5.41) is 19.4. The molecule has 2 rings (SSSR count). The number of ether oxygens (including phenoxy) is 1. The predicted molar refractivity (Wildman–Crippen MR) is 92.4 cm³/mol. The van der Waals surface area contributed by atoms with Crippen LogP contribution >= 0.6 is 0 Å². The molecule has 0 spiro atoms. The van der Waals surface area contributed by atoms with Crippen molar-refractivity contribution in [1.82, 2.24) is 14.7 Å². The lowest BCUT2D eigenvalue weighted by Gasteiger charge is -2.15. The van der Waals surface area contributed by atoms with E-state index in [1.165, 1.54) is 6.20 Å². The first-order chi connectivity index (χ1) is 11.5. The topological polar surface area (TPSA) is 91.7 Å². The average molecular weight is 333 g/mol. The quantitative estimate of drug-likeness (QED) is 0.713. The van der Waals surface area contributed by atoms with Gasteiger partial charge in [0.1, 0.15) is 5.75 Å². The number of rotatable bonds is 7. The Bertz CT molecular complexity index is 671. The van der Waals surface area contributed by atoms with E-state index in [1.54, 1.807) is 42.3 Å². The van der Waals surface area contributed by atoms with Gasteiger partial charge in [-0.3, -0.25) is 4.68 Å². The third-order valence-electron chi connectivity index (χ3n) is 3.19. The second-order valence-electron chi connectivity index (χ2n) is 5.68. The van der Waals surface area contributed by atoms with Crippen molar-refractivity contribution in [3.63, 3.8) is 0 Å². The Labute approximate surface area is 141 Å². The minimum atomic E-state index is -0.529. The van der Waals surface area contributed by atoms with Gasteiger partial charge in [0.15, 0.2) is 0 Å². The zero-order valence-corrected chi connectivity index (χ0v) is 14.1. The molecule has 8 nitrogen and oxygen atoms in total. The van der Waals surface area contributed by atoms with Gasteiger partial charge in [0.25, 0.3) is 0 Å². The maximum Gasteiger partial charge on any atom is 0.323 e. The van der Waals surface area contributed by atoms with Gasteiger partial charge < -0.3 is 25.4 Å². The molecule has 8 heteroatoms. The van der Waals surface area contributed by atoms with E-state index in [2.05, 4.69) is 15.7 Å². The highest BCUT2D eigenvalue weighted by Gasteiger charge is 2.09. The van der Waals surface area contributed by atoms with E-state index >= 15 is 0 Å². The third-order valence-corrected chi connectivity index (χ3v) is 3.19. The molecule has 130 valence electrons. The molecule has 2 amide bonds. The first kappa shape index (κ1) is 17.8. The SMILES string of the molecule is COc1cccc(NC(=O)Nc2cnn(C[C@H](O)CN(C)C)c2)c1. The van der Waals surface area contributed by atoms with Crippen LogP contribution in [-0.4, -0.2) is 59.7 Å². The molecule has 0 saturated carbocycles. The third kappa shape index (κ3) is 5.56. The van der Waals surface area contributed by atoms with E-state index in [4.69, 9.17) is 4.74 Å². The summed E-state index contributed by atoms with van der Waals surface area (Å²) < 4.78 is 6.70. The fourth-order valence-corrected chi connectivity index (χ4v) is 2.22. The van der Waals surface area contributed by atoms with Crippen LogP contribution in [0.15, 0.2) is 36.7 Å². The Morgan fingerprint density at radius 1 is 1.38 bits per heavy atom. The molecule has 0 saturated heterocycles. The van der Waals surface area contributed by atoms with Crippen molar-refractivity contribution in [2.24, 2.45) is 0 Å². The predicted octanol–water partition coefficient (Wildman–Crippen LogP) is 1.46. The van der Waals surface area contributed by atoms with Crippen LogP contribution < -0.4 is 15.4 Å². The summed E-state index contributed by atoms with van der Waals surface area (Å²) in [7, 11) is 5.35. The number of carbonyl (C=O) groups is 1. The molecule has 1 aromatic heterocycles. The van der Waals surface area contributed by atoms with E-state index in [9.17, 15) is 9.90 Å². The number of methoxy groups -OCH3 is 1. The van der Waals surface area contributed by atoms with Gasteiger partial charge in [-0.1, -0.05) is 6.07 Å². The Hall–Kier alpha value is -2.58. The number of hydrogen-bond acceptors (Lipinski definition) is 5. The summed E-state index contributed by atoms with van der Waals surface area (Å²) in [5.74, 6) is 0.662. The first-order valence-corrected chi connectivity index (χ1v) is 7.53. The number of likely N-dealkylation sites (N-methyl/N-ethyl adjacent to an activating group) is 1. The lowest BCUT2D eigenvalue weighted by molar-refractivity contribution is 0.116. The summed E-state index contributed by atoms with van der Waals surface area (Å²) in [6, 6.07) is 6.70. The average Bonchev–Trinajstić information content (AvgIpc) is 2.93. The van der Waals surface area contributed by atoms with Gasteiger partial charge in [-0.15, -0.1) is 0 Å². The number of aliphatic hydroxyl groups is 1. The molecule has 0 aliphatic heterocycles. The Morgan fingerprint density at radius 3 is 2.83 bits per heavy atom. The van der Waals surface area contributed by atoms with Gasteiger partial charge >= 0.3 is 6.03 Å². The number of hydrogen-bond donors (Lipinski definition) is 3. The Morgan fingerprint density at radius 2 is 2.12 bits per heavy atom. The molecule has 1 heterocycles. The van der Waals surface area contributed by atoms with Crippen molar-refractivity contribution >= 4 is 17.4 Å². The molecule has 0 fully saturated rings. The zero-order valence-electron chi connectivity index (χ0n) is 14.1. The van der Waals surface area contributed by atoms with Crippen molar-refractivity contribution in [2.45, 2.75) is 12.6 Å². The molecule has 2 aromatic rings. The number of carbonyl (C=O) groups excluding carboxylic acids is 1. The lowest BCUT2D eigenvalue weighted by atomic mass is 10.3. The van der Waals surface area contributed by atoms with E-state index in [0.717, 1.165) is 0 Å². The normalized spacial score (nSPS) is 12.0. The van der Waals surface area contributed by atoms with E-state index in [-0.39, 0.29) is 6.03 Å². The van der Waals surface area contributed by atoms with Gasteiger partial charge in [0.2, 0.25) is 0 Å². The Balaban J connectivity index is 1.88. The van der Waals surface area contributed by atoms with Crippen LogP contribution in [0.2, 0.25) is 0 Å². The second-order valence-corrected chi connectivity index (χ2v) is 5.68. The van der Waals surface area contributed by atoms with Gasteiger partial charge in [-0.2, -0.15) is 5.10 Å². The molecule has 0 bridgehead atoms. The molecule has 3 N–H and O–H groups in total. The largest absolute Gasteiger partial charge is 0.497 e. The zero-order chi connectivity index (χ0) is 17.5. The van der Waals surface area contributed by atoms with Gasteiger partial charge in [-0.05, 0) is 26.2 Å². The van der Waals surface area contributed by atoms with Crippen LogP contribution in [-0.2, 0) is 6.54 Å². The van der Waals surface area contributed by atoms with Gasteiger partial charge in [0, 0.05) is 24.5 Å². The van der Waals surface area contributed by atoms with Crippen LogP contribution in [0, 0.1) is 0 Å². The summed E-state index contributed by atoms with van der Waals surface area (Å²) in [4.78, 5) is 13.9. The fraction of sp³-hybridized carbons (Fsp3) is 0.375. The van der Waals surface area contributed by atoms with Gasteiger partial charge in [0.05, 0.1) is 31.6 Å². The molecule has 0 aliphatic rings. The smallest absolute Gasteiger partial charge is 0.323 e. The van der Waals surface area contributed by atoms with E-state index in [0.29, 0.717) is 30.2 Å². The second kappa shape index (κ2) is 8.32. The van der Waals surface area contributed by atoms with Gasteiger partial charge in [-0.25, -0.2) is 4.79 Å². The molecule has 0 aliphatic carbocycles. The van der Waals surface area contributed by atoms with Crippen molar-refractivity contribution in [3.8, 4) is 5.75 Å². The number of aromatic nitrogens is 2. The molecule has 24 heavy (non-hydrogen) atoms. The number of urea groups is 1. The molecule has 1 atom stereocenters. The minimum Gasteiger partial charge on any atom is -0.497 e. The van der Waals surface area contributed by atoms with Crippen LogP contribution in [0.4, 0.5) is 16.2 Å². The van der Waals surface area contributed by atoms with Crippen molar-refractivity contribution in [1.29, 1.82) is 0 Å². The molecule has 0 radical (unpaired) electrons. The Kier molecular flexibility index (Phi) is 6.16. The molecule has 0 unspecified atom stereocenters. The highest BCUT2D eigenvalue weighted by atomic mass is 16.5. The summed E-state index contributed by atoms with van der Waals surface area (Å²) in [6.45, 7) is 0.899. The van der Waals surface area contributed by atoms with Crippen molar-refractivity contribution in [3.05, 3.63) is 36.7 Å². The highest BCUT2D eigenvalue weighted by molar-refractivity contribution is 5.99. The highest BCUT2D eigenvalue weighted by Crippen LogP contribution is 2.17. The maximum absolute atomic E-state index is 12.0. The van der Waals surface area contributed by atoms with Crippen LogP contribution in [0.3, 0.4) is 0 Å². The summed E-state index contributed by atoms with van der Waals surface area (Å²) in [5.41, 5.74) is 1.17. The minimum absolute atomic E-state index is 0.358. The number of aliphatic hydroxyl groups excluding tert-OH is 1. The fourth-order valence-electron chi connectivity index (χ4n) is 2.22.